The van der Waals surface area contributed by atoms with Gasteiger partial charge in [-0.25, -0.2) is 4.39 Å². The molecule has 0 saturated heterocycles. The summed E-state index contributed by atoms with van der Waals surface area (Å²) in [4.78, 5) is 4.69. The number of nitrogens with one attached hydrogen (secondary N) is 2. The van der Waals surface area contributed by atoms with Crippen molar-refractivity contribution in [1.82, 2.24) is 5.32 Å². The highest BCUT2D eigenvalue weighted by Gasteiger charge is 2.11. The van der Waals surface area contributed by atoms with Crippen LogP contribution in [0.4, 0.5) is 10.1 Å². The number of rotatable bonds is 10. The largest absolute Gasteiger partial charge is 0.490 e. The lowest BCUT2D eigenvalue weighted by Gasteiger charge is -2.15. The molecule has 2 N–H and O–H groups in total. The maximum Gasteiger partial charge on any atom is 0.195 e. The van der Waals surface area contributed by atoms with E-state index in [0.29, 0.717) is 44.2 Å². The van der Waals surface area contributed by atoms with Gasteiger partial charge in [-0.2, -0.15) is 0 Å². The third-order valence-corrected chi connectivity index (χ3v) is 4.93. The summed E-state index contributed by atoms with van der Waals surface area (Å²) in [5.74, 6) is 1.97. The highest BCUT2D eigenvalue weighted by Crippen LogP contribution is 2.32. The van der Waals surface area contributed by atoms with E-state index < -0.39 is 0 Å². The summed E-state index contributed by atoms with van der Waals surface area (Å²) in [6.45, 7) is 3.34. The molecule has 0 saturated carbocycles. The van der Waals surface area contributed by atoms with Crippen molar-refractivity contribution in [3.8, 4) is 11.5 Å². The van der Waals surface area contributed by atoms with Crippen molar-refractivity contribution < 1.29 is 18.6 Å². The Kier molecular flexibility index (Phi) is 9.44. The van der Waals surface area contributed by atoms with Gasteiger partial charge in [0.25, 0.3) is 0 Å². The number of methoxy groups -OCH3 is 1. The van der Waals surface area contributed by atoms with Gasteiger partial charge in [-0.3, -0.25) is 4.99 Å². The maximum atomic E-state index is 13.9. The number of ether oxygens (including phenoxy) is 3. The van der Waals surface area contributed by atoms with Crippen LogP contribution in [0.25, 0.3) is 0 Å². The summed E-state index contributed by atoms with van der Waals surface area (Å²) in [6.07, 6.45) is 4.50. The molecule has 7 heteroatoms. The molecule has 0 bridgehead atoms. The summed E-state index contributed by atoms with van der Waals surface area (Å²) in [5.41, 5.74) is 1.55. The molecular formula is C24H32FN3O3. The van der Waals surface area contributed by atoms with E-state index in [9.17, 15) is 4.39 Å². The third-order valence-electron chi connectivity index (χ3n) is 4.93. The van der Waals surface area contributed by atoms with Crippen LogP contribution >= 0.6 is 0 Å². The van der Waals surface area contributed by atoms with Gasteiger partial charge in [0.05, 0.1) is 13.2 Å². The second-order valence-electron chi connectivity index (χ2n) is 7.39. The minimum absolute atomic E-state index is 0.184. The van der Waals surface area contributed by atoms with E-state index in [2.05, 4.69) is 15.6 Å². The van der Waals surface area contributed by atoms with E-state index in [1.807, 2.05) is 24.3 Å². The topological polar surface area (TPSA) is 64.1 Å². The van der Waals surface area contributed by atoms with Gasteiger partial charge in [0.2, 0.25) is 0 Å². The number of hydrogen-bond donors (Lipinski definition) is 2. The minimum Gasteiger partial charge on any atom is -0.490 e. The number of fused-ring (bicyclic) bond motifs is 1. The summed E-state index contributed by atoms with van der Waals surface area (Å²) in [5, 5.41) is 6.65. The molecule has 6 nitrogen and oxygen atoms in total. The van der Waals surface area contributed by atoms with Gasteiger partial charge in [-0.15, -0.1) is 0 Å². The van der Waals surface area contributed by atoms with Crippen LogP contribution in [0.3, 0.4) is 0 Å². The van der Waals surface area contributed by atoms with Crippen LogP contribution in [0.5, 0.6) is 11.5 Å². The number of guanidine groups is 1. The minimum atomic E-state index is -0.184. The number of hydrogen-bond acceptors (Lipinski definition) is 4. The molecule has 1 heterocycles. The molecular weight excluding hydrogens is 397 g/mol. The fourth-order valence-electron chi connectivity index (χ4n) is 3.26. The standard InChI is InChI=1S/C24H32FN3O3/c1-29-15-6-2-5-13-26-24(27-14-12-19-8-3-4-9-21(19)25)28-20-10-11-22-23(18-20)31-17-7-16-30-22/h3-4,8-11,18H,2,5-7,12-17H2,1H3,(H2,26,27,28). The summed E-state index contributed by atoms with van der Waals surface area (Å²) < 4.78 is 30.5. The molecule has 0 amide bonds. The first-order chi connectivity index (χ1) is 15.3. The van der Waals surface area contributed by atoms with E-state index in [1.165, 1.54) is 6.07 Å². The Morgan fingerprint density at radius 3 is 2.74 bits per heavy atom. The fraction of sp³-hybridized carbons (Fsp3) is 0.458. The lowest BCUT2D eigenvalue weighted by molar-refractivity contribution is 0.192. The molecule has 1 aliphatic rings. The Labute approximate surface area is 183 Å². The van der Waals surface area contributed by atoms with E-state index >= 15 is 0 Å². The highest BCUT2D eigenvalue weighted by atomic mass is 19.1. The summed E-state index contributed by atoms with van der Waals surface area (Å²) in [6, 6.07) is 12.6. The van der Waals surface area contributed by atoms with E-state index in [0.717, 1.165) is 49.5 Å². The lowest BCUT2D eigenvalue weighted by atomic mass is 10.1. The van der Waals surface area contributed by atoms with Crippen molar-refractivity contribution in [3.63, 3.8) is 0 Å². The van der Waals surface area contributed by atoms with Crippen molar-refractivity contribution in [2.45, 2.75) is 32.1 Å². The van der Waals surface area contributed by atoms with Crippen LogP contribution in [0.2, 0.25) is 0 Å². The first-order valence-corrected chi connectivity index (χ1v) is 10.9. The molecule has 0 aromatic heterocycles. The lowest BCUT2D eigenvalue weighted by Crippen LogP contribution is -2.32. The zero-order valence-electron chi connectivity index (χ0n) is 18.2. The van der Waals surface area contributed by atoms with Crippen LogP contribution in [0, 0.1) is 5.82 Å². The number of aliphatic imine (C=N–C) groups is 1. The normalized spacial score (nSPS) is 13.5. The number of nitrogens with zero attached hydrogens (tertiary/aromatic N) is 1. The molecule has 168 valence electrons. The summed E-state index contributed by atoms with van der Waals surface area (Å²) >= 11 is 0. The average Bonchev–Trinajstić information content (AvgIpc) is 3.02. The predicted octanol–water partition coefficient (Wildman–Crippen LogP) is 4.40. The second-order valence-corrected chi connectivity index (χ2v) is 7.39. The monoisotopic (exact) mass is 429 g/mol. The van der Waals surface area contributed by atoms with Gasteiger partial charge in [0.15, 0.2) is 17.5 Å². The zero-order chi connectivity index (χ0) is 21.7. The Bertz CT molecular complexity index is 845. The van der Waals surface area contributed by atoms with Gasteiger partial charge >= 0.3 is 0 Å². The van der Waals surface area contributed by atoms with Gasteiger partial charge < -0.3 is 24.8 Å². The average molecular weight is 430 g/mol. The van der Waals surface area contributed by atoms with Crippen LogP contribution in [0.15, 0.2) is 47.5 Å². The third kappa shape index (κ3) is 7.75. The van der Waals surface area contributed by atoms with Crippen molar-refractivity contribution in [2.24, 2.45) is 4.99 Å². The quantitative estimate of drug-likeness (QED) is 0.333. The molecule has 0 unspecified atom stereocenters. The van der Waals surface area contributed by atoms with Crippen molar-refractivity contribution >= 4 is 11.6 Å². The molecule has 0 aliphatic carbocycles. The summed E-state index contributed by atoms with van der Waals surface area (Å²) in [7, 11) is 1.72. The van der Waals surface area contributed by atoms with Crippen LogP contribution in [0.1, 0.15) is 31.2 Å². The SMILES string of the molecule is COCCCCCN=C(NCCc1ccccc1F)Nc1ccc2c(c1)OCCCO2. The van der Waals surface area contributed by atoms with Crippen molar-refractivity contribution in [1.29, 1.82) is 0 Å². The zero-order valence-corrected chi connectivity index (χ0v) is 18.2. The van der Waals surface area contributed by atoms with Crippen LogP contribution < -0.4 is 20.1 Å². The number of unbranched alkanes of at least 4 members (excludes halogenated alkanes) is 2. The molecule has 31 heavy (non-hydrogen) atoms. The van der Waals surface area contributed by atoms with Crippen molar-refractivity contribution in [3.05, 3.63) is 53.8 Å². The smallest absolute Gasteiger partial charge is 0.195 e. The van der Waals surface area contributed by atoms with E-state index in [1.54, 1.807) is 19.2 Å². The second kappa shape index (κ2) is 12.8. The fourth-order valence-corrected chi connectivity index (χ4v) is 3.26. The number of halogens is 1. The van der Waals surface area contributed by atoms with Gasteiger partial charge in [0, 0.05) is 45.0 Å². The molecule has 0 atom stereocenters. The Balaban J connectivity index is 1.60. The Morgan fingerprint density at radius 2 is 1.90 bits per heavy atom. The van der Waals surface area contributed by atoms with Crippen molar-refractivity contribution in [2.75, 3.05) is 45.3 Å². The van der Waals surface area contributed by atoms with Crippen LogP contribution in [-0.4, -0.2) is 46.0 Å². The molecule has 0 radical (unpaired) electrons. The predicted molar refractivity (Wildman–Crippen MR) is 122 cm³/mol. The molecule has 2 aromatic rings. The highest BCUT2D eigenvalue weighted by molar-refractivity contribution is 5.94. The molecule has 0 fully saturated rings. The first-order valence-electron chi connectivity index (χ1n) is 10.9. The Hall–Kier alpha value is -2.80. The first kappa shape index (κ1) is 22.9. The van der Waals surface area contributed by atoms with Gasteiger partial charge in [-0.05, 0) is 49.4 Å². The van der Waals surface area contributed by atoms with Gasteiger partial charge in [0.1, 0.15) is 5.82 Å². The molecule has 1 aliphatic heterocycles. The van der Waals surface area contributed by atoms with E-state index in [4.69, 9.17) is 14.2 Å². The molecule has 0 spiro atoms. The molecule has 3 rings (SSSR count). The molecule has 2 aromatic carbocycles. The number of benzene rings is 2. The Morgan fingerprint density at radius 1 is 1.06 bits per heavy atom. The van der Waals surface area contributed by atoms with E-state index in [-0.39, 0.29) is 5.82 Å². The number of anilines is 1. The van der Waals surface area contributed by atoms with Gasteiger partial charge in [-0.1, -0.05) is 18.2 Å². The van der Waals surface area contributed by atoms with Crippen LogP contribution in [-0.2, 0) is 11.2 Å². The maximum absolute atomic E-state index is 13.9.